The van der Waals surface area contributed by atoms with Crippen LogP contribution in [0.25, 0.3) is 0 Å². The lowest BCUT2D eigenvalue weighted by atomic mass is 10.1. The van der Waals surface area contributed by atoms with E-state index in [1.807, 2.05) is 11.0 Å². The number of nitrogens with zero attached hydrogens (tertiary/aromatic N) is 3. The molecule has 1 amide bonds. The fourth-order valence-corrected chi connectivity index (χ4v) is 2.88. The Bertz CT molecular complexity index is 414. The number of H-pyrrole nitrogens is 1. The summed E-state index contributed by atoms with van der Waals surface area (Å²) >= 11 is 0. The van der Waals surface area contributed by atoms with Crippen molar-refractivity contribution in [3.63, 3.8) is 0 Å². The van der Waals surface area contributed by atoms with E-state index in [9.17, 15) is 4.79 Å². The fraction of sp³-hybridized carbons (Fsp3) is 0.692. The Morgan fingerprint density at radius 1 is 1.42 bits per heavy atom. The lowest BCUT2D eigenvalue weighted by molar-refractivity contribution is -0.134. The number of likely N-dealkylation sites (tertiary alicyclic amines) is 1. The molecule has 1 atom stereocenters. The number of carbonyl (C=O) groups excluding carboxylic acids is 1. The minimum absolute atomic E-state index is 0.177. The van der Waals surface area contributed by atoms with E-state index < -0.39 is 0 Å². The van der Waals surface area contributed by atoms with Crippen LogP contribution in [0.4, 0.5) is 0 Å². The molecule has 0 radical (unpaired) electrons. The van der Waals surface area contributed by atoms with Gasteiger partial charge in [0, 0.05) is 25.8 Å². The molecule has 104 valence electrons. The summed E-state index contributed by atoms with van der Waals surface area (Å²) in [6, 6.07) is 2.14. The molecule has 0 aromatic carbocycles. The van der Waals surface area contributed by atoms with E-state index in [1.54, 1.807) is 6.20 Å². The first-order chi connectivity index (χ1) is 9.34. The van der Waals surface area contributed by atoms with E-state index in [0.29, 0.717) is 6.54 Å². The molecule has 1 aromatic heterocycles. The van der Waals surface area contributed by atoms with Gasteiger partial charge in [-0.1, -0.05) is 0 Å². The summed E-state index contributed by atoms with van der Waals surface area (Å²) in [7, 11) is 0. The van der Waals surface area contributed by atoms with Crippen LogP contribution in [0.5, 0.6) is 0 Å². The quantitative estimate of drug-likeness (QED) is 0.858. The molecule has 2 aliphatic rings. The van der Waals surface area contributed by atoms with E-state index >= 15 is 0 Å². The average Bonchev–Trinajstić information content (AvgIpc) is 3.10. The van der Waals surface area contributed by atoms with Crippen LogP contribution in [0.2, 0.25) is 0 Å². The number of aromatic amines is 1. The Morgan fingerprint density at radius 2 is 2.26 bits per heavy atom. The molecule has 0 bridgehead atoms. The number of morpholine rings is 1. The number of amides is 1. The number of carbonyl (C=O) groups is 1. The molecule has 19 heavy (non-hydrogen) atoms. The van der Waals surface area contributed by atoms with Gasteiger partial charge in [0.25, 0.3) is 0 Å². The Morgan fingerprint density at radius 3 is 3.00 bits per heavy atom. The predicted octanol–water partition coefficient (Wildman–Crippen LogP) is 0.405. The molecule has 0 aliphatic carbocycles. The van der Waals surface area contributed by atoms with E-state index in [-0.39, 0.29) is 11.9 Å². The van der Waals surface area contributed by atoms with Gasteiger partial charge in [0.15, 0.2) is 0 Å². The molecule has 0 spiro atoms. The first-order valence-electron chi connectivity index (χ1n) is 6.93. The van der Waals surface area contributed by atoms with Gasteiger partial charge in [-0.2, -0.15) is 5.10 Å². The zero-order chi connectivity index (χ0) is 13.1. The normalized spacial score (nSPS) is 24.8. The van der Waals surface area contributed by atoms with Crippen LogP contribution >= 0.6 is 0 Å². The monoisotopic (exact) mass is 264 g/mol. The van der Waals surface area contributed by atoms with Crippen molar-refractivity contribution < 1.29 is 9.53 Å². The molecule has 2 saturated heterocycles. The molecule has 2 fully saturated rings. The zero-order valence-corrected chi connectivity index (χ0v) is 11.0. The highest BCUT2D eigenvalue weighted by Gasteiger charge is 2.31. The third-order valence-electron chi connectivity index (χ3n) is 3.92. The zero-order valence-electron chi connectivity index (χ0n) is 11.0. The van der Waals surface area contributed by atoms with E-state index in [4.69, 9.17) is 4.74 Å². The first-order valence-corrected chi connectivity index (χ1v) is 6.93. The minimum atomic E-state index is 0.177. The second-order valence-electron chi connectivity index (χ2n) is 5.15. The molecule has 2 aliphatic heterocycles. The summed E-state index contributed by atoms with van der Waals surface area (Å²) in [5.41, 5.74) is 1.05. The van der Waals surface area contributed by atoms with Crippen LogP contribution in [0, 0.1) is 0 Å². The fourth-order valence-electron chi connectivity index (χ4n) is 2.88. The standard InChI is InChI=1S/C13H20N4O2/c18-13(10-16-6-8-19-9-7-16)17-5-1-2-12(17)11-3-4-14-15-11/h3-4,12H,1-2,5-10H2,(H,14,15)/t12-/m1/s1. The molecule has 3 heterocycles. The number of rotatable bonds is 3. The maximum Gasteiger partial charge on any atom is 0.237 e. The Kier molecular flexibility index (Phi) is 3.79. The summed E-state index contributed by atoms with van der Waals surface area (Å²) in [6.07, 6.45) is 3.84. The van der Waals surface area contributed by atoms with Gasteiger partial charge >= 0.3 is 0 Å². The lowest BCUT2D eigenvalue weighted by Gasteiger charge is -2.30. The smallest absolute Gasteiger partial charge is 0.237 e. The van der Waals surface area contributed by atoms with Crippen LogP contribution in [0.15, 0.2) is 12.3 Å². The highest BCUT2D eigenvalue weighted by molar-refractivity contribution is 5.79. The molecular formula is C13H20N4O2. The van der Waals surface area contributed by atoms with Gasteiger partial charge in [0.1, 0.15) is 0 Å². The maximum atomic E-state index is 12.4. The van der Waals surface area contributed by atoms with Crippen molar-refractivity contribution in [1.82, 2.24) is 20.0 Å². The van der Waals surface area contributed by atoms with E-state index in [1.165, 1.54) is 0 Å². The van der Waals surface area contributed by atoms with Crippen molar-refractivity contribution in [3.05, 3.63) is 18.0 Å². The average molecular weight is 264 g/mol. The van der Waals surface area contributed by atoms with Crippen LogP contribution in [-0.4, -0.2) is 65.3 Å². The van der Waals surface area contributed by atoms with Crippen molar-refractivity contribution in [2.45, 2.75) is 18.9 Å². The molecule has 1 N–H and O–H groups in total. The number of ether oxygens (including phenoxy) is 1. The molecule has 0 unspecified atom stereocenters. The summed E-state index contributed by atoms with van der Waals surface area (Å²) in [6.45, 7) is 4.54. The van der Waals surface area contributed by atoms with Gasteiger partial charge in [-0.3, -0.25) is 14.8 Å². The van der Waals surface area contributed by atoms with Crippen LogP contribution in [-0.2, 0) is 9.53 Å². The Labute approximate surface area is 112 Å². The highest BCUT2D eigenvalue weighted by atomic mass is 16.5. The van der Waals surface area contributed by atoms with E-state index in [0.717, 1.165) is 51.4 Å². The second kappa shape index (κ2) is 5.71. The Balaban J connectivity index is 1.62. The van der Waals surface area contributed by atoms with Gasteiger partial charge in [0.2, 0.25) is 5.91 Å². The van der Waals surface area contributed by atoms with Crippen molar-refractivity contribution in [2.24, 2.45) is 0 Å². The topological polar surface area (TPSA) is 61.5 Å². The lowest BCUT2D eigenvalue weighted by Crippen LogP contribution is -2.44. The van der Waals surface area contributed by atoms with Crippen molar-refractivity contribution in [2.75, 3.05) is 39.4 Å². The maximum absolute atomic E-state index is 12.4. The number of nitrogens with one attached hydrogen (secondary N) is 1. The Hall–Kier alpha value is -1.40. The van der Waals surface area contributed by atoms with Gasteiger partial charge in [0.05, 0.1) is 31.5 Å². The predicted molar refractivity (Wildman–Crippen MR) is 69.5 cm³/mol. The first kappa shape index (κ1) is 12.6. The van der Waals surface area contributed by atoms with E-state index in [2.05, 4.69) is 15.1 Å². The third kappa shape index (κ3) is 2.79. The highest BCUT2D eigenvalue weighted by Crippen LogP contribution is 2.30. The van der Waals surface area contributed by atoms with Crippen LogP contribution < -0.4 is 0 Å². The summed E-state index contributed by atoms with van der Waals surface area (Å²) in [5, 5.41) is 6.98. The summed E-state index contributed by atoms with van der Waals surface area (Å²) in [5.74, 6) is 0.221. The molecule has 6 heteroatoms. The van der Waals surface area contributed by atoms with Crippen molar-refractivity contribution in [3.8, 4) is 0 Å². The molecule has 0 saturated carbocycles. The number of aromatic nitrogens is 2. The van der Waals surface area contributed by atoms with Gasteiger partial charge in [-0.25, -0.2) is 0 Å². The molecule has 6 nitrogen and oxygen atoms in total. The largest absolute Gasteiger partial charge is 0.379 e. The molecular weight excluding hydrogens is 244 g/mol. The summed E-state index contributed by atoms with van der Waals surface area (Å²) < 4.78 is 5.31. The van der Waals surface area contributed by atoms with Crippen LogP contribution in [0.1, 0.15) is 24.6 Å². The SMILES string of the molecule is O=C(CN1CCOCC1)N1CCC[C@@H]1c1ccn[nH]1. The van der Waals surface area contributed by atoms with Crippen molar-refractivity contribution in [1.29, 1.82) is 0 Å². The molecule has 3 rings (SSSR count). The molecule has 1 aromatic rings. The van der Waals surface area contributed by atoms with Gasteiger partial charge in [-0.15, -0.1) is 0 Å². The van der Waals surface area contributed by atoms with Gasteiger partial charge in [-0.05, 0) is 18.9 Å². The number of hydrogen-bond donors (Lipinski definition) is 1. The van der Waals surface area contributed by atoms with Crippen molar-refractivity contribution >= 4 is 5.91 Å². The minimum Gasteiger partial charge on any atom is -0.379 e. The van der Waals surface area contributed by atoms with Crippen LogP contribution in [0.3, 0.4) is 0 Å². The van der Waals surface area contributed by atoms with Gasteiger partial charge < -0.3 is 9.64 Å². The second-order valence-corrected chi connectivity index (χ2v) is 5.15. The number of hydrogen-bond acceptors (Lipinski definition) is 4. The summed E-state index contributed by atoms with van der Waals surface area (Å²) in [4.78, 5) is 16.6. The third-order valence-corrected chi connectivity index (χ3v) is 3.92.